The zero-order valence-electron chi connectivity index (χ0n) is 20.3. The summed E-state index contributed by atoms with van der Waals surface area (Å²) in [4.78, 5) is 29.9. The van der Waals surface area contributed by atoms with Crippen LogP contribution in [0.3, 0.4) is 0 Å². The summed E-state index contributed by atoms with van der Waals surface area (Å²) >= 11 is 1.56. The highest BCUT2D eigenvalue weighted by molar-refractivity contribution is 8.03. The lowest BCUT2D eigenvalue weighted by atomic mass is 9.90. The van der Waals surface area contributed by atoms with Crippen LogP contribution in [0.2, 0.25) is 0 Å². The van der Waals surface area contributed by atoms with Crippen LogP contribution in [0.4, 0.5) is 5.69 Å². The van der Waals surface area contributed by atoms with Crippen LogP contribution in [0.25, 0.3) is 0 Å². The number of ketones is 2. The lowest BCUT2D eigenvalue weighted by molar-refractivity contribution is -0.115. The number of fused-ring (bicyclic) bond motifs is 2. The molecule has 1 heterocycles. The van der Waals surface area contributed by atoms with Crippen LogP contribution in [0, 0.1) is 16.7 Å². The van der Waals surface area contributed by atoms with E-state index in [0.717, 1.165) is 34.0 Å². The number of thioether (sulfide) groups is 1. The standard InChI is InChI=1S/C29H31N3O2S/c1-3-8-22(30)28(33)20-12-14-24-26(16-20)35-27-17-21(29(34)23(31)9-4-2)13-15-25(27)32(24)18-19-10-6-5-7-11-19/h5-7,10-12,14-17,21,30-31H,3-4,8-9,13,18H2,1-2H3. The molecule has 35 heavy (non-hydrogen) atoms. The van der Waals surface area contributed by atoms with E-state index in [4.69, 9.17) is 10.8 Å². The maximum Gasteiger partial charge on any atom is 0.206 e. The SMILES string of the molecule is CCCC(=N)C(=O)c1ccc2c(c1)SC1=CC(C(=O)C(=N)CCC)CC=C1N2Cc1ccccc1. The van der Waals surface area contributed by atoms with Crippen molar-refractivity contribution in [3.8, 4) is 0 Å². The molecule has 1 atom stereocenters. The Hall–Kier alpha value is -3.25. The fraction of sp³-hybridized carbons (Fsp3) is 0.310. The van der Waals surface area contributed by atoms with Crippen molar-refractivity contribution in [2.24, 2.45) is 5.92 Å². The van der Waals surface area contributed by atoms with Crippen LogP contribution < -0.4 is 4.90 Å². The first-order valence-electron chi connectivity index (χ1n) is 12.2. The van der Waals surface area contributed by atoms with Crippen molar-refractivity contribution >= 4 is 40.4 Å². The number of nitrogens with zero attached hydrogens (tertiary/aromatic N) is 1. The van der Waals surface area contributed by atoms with E-state index in [1.807, 2.05) is 56.3 Å². The quantitative estimate of drug-likeness (QED) is 0.281. The molecule has 1 unspecified atom stereocenters. The van der Waals surface area contributed by atoms with Gasteiger partial charge in [-0.3, -0.25) is 9.59 Å². The number of carbonyl (C=O) groups is 2. The Morgan fingerprint density at radius 3 is 2.43 bits per heavy atom. The predicted molar refractivity (Wildman–Crippen MR) is 144 cm³/mol. The molecular formula is C29H31N3O2S. The monoisotopic (exact) mass is 485 g/mol. The lowest BCUT2D eigenvalue weighted by Gasteiger charge is -2.37. The average molecular weight is 486 g/mol. The molecule has 0 spiro atoms. The van der Waals surface area contributed by atoms with Crippen molar-refractivity contribution in [2.45, 2.75) is 57.4 Å². The molecule has 2 N–H and O–H groups in total. The van der Waals surface area contributed by atoms with Gasteiger partial charge in [0.1, 0.15) is 0 Å². The highest BCUT2D eigenvalue weighted by atomic mass is 32.2. The molecule has 0 fully saturated rings. The zero-order chi connectivity index (χ0) is 24.9. The van der Waals surface area contributed by atoms with Crippen LogP contribution in [-0.2, 0) is 11.3 Å². The number of hydrogen-bond acceptors (Lipinski definition) is 6. The largest absolute Gasteiger partial charge is 0.335 e. The molecule has 2 aromatic rings. The van der Waals surface area contributed by atoms with Crippen LogP contribution in [0.5, 0.6) is 0 Å². The van der Waals surface area contributed by atoms with E-state index in [9.17, 15) is 9.59 Å². The van der Waals surface area contributed by atoms with Gasteiger partial charge in [-0.25, -0.2) is 0 Å². The molecule has 1 aliphatic carbocycles. The smallest absolute Gasteiger partial charge is 0.206 e. The number of benzene rings is 2. The first-order valence-corrected chi connectivity index (χ1v) is 13.0. The minimum Gasteiger partial charge on any atom is -0.335 e. The Bertz CT molecular complexity index is 1230. The highest BCUT2D eigenvalue weighted by Crippen LogP contribution is 2.49. The summed E-state index contributed by atoms with van der Waals surface area (Å²) in [5.41, 5.74) is 4.09. The second-order valence-electron chi connectivity index (χ2n) is 8.97. The second-order valence-corrected chi connectivity index (χ2v) is 10.1. The third-order valence-corrected chi connectivity index (χ3v) is 7.40. The molecule has 6 heteroatoms. The van der Waals surface area contributed by atoms with Crippen molar-refractivity contribution in [3.05, 3.63) is 82.4 Å². The van der Waals surface area contributed by atoms with Crippen LogP contribution in [0.1, 0.15) is 61.9 Å². The summed E-state index contributed by atoms with van der Waals surface area (Å²) in [6.45, 7) is 4.61. The zero-order valence-corrected chi connectivity index (χ0v) is 21.1. The fourth-order valence-electron chi connectivity index (χ4n) is 4.47. The van der Waals surface area contributed by atoms with Crippen molar-refractivity contribution in [2.75, 3.05) is 4.90 Å². The third-order valence-electron chi connectivity index (χ3n) is 6.29. The molecule has 4 rings (SSSR count). The maximum atomic E-state index is 12.9. The summed E-state index contributed by atoms with van der Waals surface area (Å²) in [7, 11) is 0. The van der Waals surface area contributed by atoms with Gasteiger partial charge in [0.05, 0.1) is 22.8 Å². The predicted octanol–water partition coefficient (Wildman–Crippen LogP) is 6.98. The summed E-state index contributed by atoms with van der Waals surface area (Å²) in [5.74, 6) is -0.666. The van der Waals surface area contributed by atoms with Crippen LogP contribution in [-0.4, -0.2) is 23.0 Å². The molecule has 0 bridgehead atoms. The average Bonchev–Trinajstić information content (AvgIpc) is 2.87. The van der Waals surface area contributed by atoms with Gasteiger partial charge in [-0.05, 0) is 43.0 Å². The Balaban J connectivity index is 1.71. The van der Waals surface area contributed by atoms with Gasteiger partial charge in [-0.15, -0.1) is 0 Å². The van der Waals surface area contributed by atoms with Gasteiger partial charge in [-0.2, -0.15) is 0 Å². The Labute approximate surface area is 211 Å². The minimum absolute atomic E-state index is 0.104. The number of allylic oxidation sites excluding steroid dienone is 2. The minimum atomic E-state index is -0.331. The molecule has 0 saturated carbocycles. The highest BCUT2D eigenvalue weighted by Gasteiger charge is 2.32. The molecule has 2 aromatic carbocycles. The molecule has 5 nitrogen and oxygen atoms in total. The van der Waals surface area contributed by atoms with E-state index in [1.54, 1.807) is 11.8 Å². The van der Waals surface area contributed by atoms with Gasteiger partial charge in [0, 0.05) is 27.8 Å². The Morgan fingerprint density at radius 1 is 1.00 bits per heavy atom. The second kappa shape index (κ2) is 11.0. The van der Waals surface area contributed by atoms with Gasteiger partial charge < -0.3 is 15.7 Å². The molecule has 0 radical (unpaired) electrons. The van der Waals surface area contributed by atoms with Crippen molar-refractivity contribution in [3.63, 3.8) is 0 Å². The summed E-state index contributed by atoms with van der Waals surface area (Å²) < 4.78 is 0. The molecular weight excluding hydrogens is 454 g/mol. The molecule has 1 aliphatic heterocycles. The number of Topliss-reactive ketones (excluding diaryl/α,β-unsaturated/α-hetero) is 2. The summed E-state index contributed by atoms with van der Waals surface area (Å²) in [6.07, 6.45) is 7.21. The first kappa shape index (κ1) is 24.9. The topological polar surface area (TPSA) is 85.1 Å². The van der Waals surface area contributed by atoms with Crippen LogP contribution in [0.15, 0.2) is 76.2 Å². The molecule has 180 valence electrons. The van der Waals surface area contributed by atoms with E-state index in [0.29, 0.717) is 31.4 Å². The number of nitrogens with one attached hydrogen (secondary N) is 2. The van der Waals surface area contributed by atoms with Crippen molar-refractivity contribution in [1.82, 2.24) is 0 Å². The number of carbonyl (C=O) groups excluding carboxylic acids is 2. The van der Waals surface area contributed by atoms with Crippen molar-refractivity contribution < 1.29 is 9.59 Å². The van der Waals surface area contributed by atoms with E-state index >= 15 is 0 Å². The Kier molecular flexibility index (Phi) is 7.81. The van der Waals surface area contributed by atoms with E-state index in [1.165, 1.54) is 5.56 Å². The number of hydrogen-bond donors (Lipinski definition) is 2. The van der Waals surface area contributed by atoms with Gasteiger partial charge in [0.15, 0.2) is 5.78 Å². The molecule has 0 amide bonds. The molecule has 0 saturated heterocycles. The van der Waals surface area contributed by atoms with E-state index < -0.39 is 0 Å². The van der Waals surface area contributed by atoms with Gasteiger partial charge >= 0.3 is 0 Å². The van der Waals surface area contributed by atoms with Gasteiger partial charge in [0.25, 0.3) is 0 Å². The van der Waals surface area contributed by atoms with Crippen molar-refractivity contribution in [1.29, 1.82) is 10.8 Å². The number of rotatable bonds is 10. The first-order chi connectivity index (χ1) is 16.9. The number of anilines is 1. The van der Waals surface area contributed by atoms with E-state index in [-0.39, 0.29) is 28.9 Å². The molecule has 0 aromatic heterocycles. The normalized spacial score (nSPS) is 16.5. The Morgan fingerprint density at radius 2 is 1.71 bits per heavy atom. The third kappa shape index (κ3) is 5.38. The lowest BCUT2D eigenvalue weighted by Crippen LogP contribution is -2.30. The maximum absolute atomic E-state index is 12.9. The van der Waals surface area contributed by atoms with Gasteiger partial charge in [-0.1, -0.05) is 80.9 Å². The van der Waals surface area contributed by atoms with Gasteiger partial charge in [0.2, 0.25) is 5.78 Å². The van der Waals surface area contributed by atoms with Crippen LogP contribution >= 0.6 is 11.8 Å². The fourth-order valence-corrected chi connectivity index (χ4v) is 5.70. The van der Waals surface area contributed by atoms with E-state index in [2.05, 4.69) is 23.1 Å². The molecule has 2 aliphatic rings. The summed E-state index contributed by atoms with van der Waals surface area (Å²) in [5, 5.41) is 16.3. The summed E-state index contributed by atoms with van der Waals surface area (Å²) in [6, 6.07) is 15.9.